The Balaban J connectivity index is 0. The van der Waals surface area contributed by atoms with E-state index in [2.05, 4.69) is 11.8 Å². The van der Waals surface area contributed by atoms with Crippen molar-refractivity contribution in [2.24, 2.45) is 0 Å². The first-order valence-electron chi connectivity index (χ1n) is 4.72. The molecule has 3 nitrogen and oxygen atoms in total. The second-order valence-electron chi connectivity index (χ2n) is 2.82. The SMILES string of the molecule is CCCCOP([O-])(=S)OCCCC.[Ce]. The van der Waals surface area contributed by atoms with Gasteiger partial charge in [-0.05, 0) is 12.8 Å². The molecular weight excluding hydrogens is 347 g/mol. The Kier molecular flexibility index (Phi) is 14.9. The third-order valence-electron chi connectivity index (χ3n) is 1.49. The molecule has 0 atom stereocenters. The summed E-state index contributed by atoms with van der Waals surface area (Å²) in [5, 5.41) is 0. The molecule has 0 fully saturated rings. The van der Waals surface area contributed by atoms with Gasteiger partial charge in [-0.3, -0.25) is 0 Å². The van der Waals surface area contributed by atoms with Crippen molar-refractivity contribution in [2.45, 2.75) is 39.5 Å². The molecular formula is C8H18CeO3PS-. The van der Waals surface area contributed by atoms with E-state index in [9.17, 15) is 4.89 Å². The molecule has 0 spiro atoms. The summed E-state index contributed by atoms with van der Waals surface area (Å²) in [6, 6.07) is 0. The van der Waals surface area contributed by atoms with Crippen molar-refractivity contribution in [3.05, 3.63) is 0 Å². The van der Waals surface area contributed by atoms with E-state index in [1.165, 1.54) is 0 Å². The van der Waals surface area contributed by atoms with E-state index in [0.717, 1.165) is 25.7 Å². The number of hydrogen-bond donors (Lipinski definition) is 0. The van der Waals surface area contributed by atoms with Crippen molar-refractivity contribution in [1.82, 2.24) is 0 Å². The molecule has 0 rings (SSSR count). The second kappa shape index (κ2) is 11.4. The maximum absolute atomic E-state index is 11.3. The van der Waals surface area contributed by atoms with Gasteiger partial charge in [-0.25, -0.2) is 0 Å². The summed E-state index contributed by atoms with van der Waals surface area (Å²) < 4.78 is 9.93. The number of hydrogen-bond acceptors (Lipinski definition) is 4. The molecule has 0 aromatic rings. The van der Waals surface area contributed by atoms with Crippen LogP contribution >= 0.6 is 6.72 Å². The molecule has 14 heavy (non-hydrogen) atoms. The number of rotatable bonds is 8. The first kappa shape index (κ1) is 18.3. The van der Waals surface area contributed by atoms with Crippen LogP contribution in [0.2, 0.25) is 0 Å². The third kappa shape index (κ3) is 12.0. The minimum Gasteiger partial charge on any atom is -0.780 e. The standard InChI is InChI=1S/C8H19O3PS.Ce/c1-3-5-7-10-12(9,13)11-8-6-4-2;/h3-8H2,1-2H3,(H,9,13);/p-1. The first-order valence-corrected chi connectivity index (χ1v) is 7.28. The minimum atomic E-state index is -3.17. The van der Waals surface area contributed by atoms with E-state index in [4.69, 9.17) is 9.05 Å². The van der Waals surface area contributed by atoms with E-state index in [1.807, 2.05) is 13.8 Å². The average molecular weight is 365 g/mol. The summed E-state index contributed by atoms with van der Waals surface area (Å²) in [4.78, 5) is 11.3. The molecule has 0 aliphatic heterocycles. The van der Waals surface area contributed by atoms with Crippen LogP contribution in [0.4, 0.5) is 0 Å². The van der Waals surface area contributed by atoms with Crippen molar-refractivity contribution in [1.29, 1.82) is 0 Å². The summed E-state index contributed by atoms with van der Waals surface area (Å²) in [6.45, 7) is 1.77. The van der Waals surface area contributed by atoms with Crippen LogP contribution in [0.5, 0.6) is 0 Å². The fraction of sp³-hybridized carbons (Fsp3) is 1.00. The summed E-state index contributed by atoms with van der Waals surface area (Å²) in [7, 11) is 0. The van der Waals surface area contributed by atoms with Crippen molar-refractivity contribution in [3.8, 4) is 0 Å². The normalized spacial score (nSPS) is 11.1. The van der Waals surface area contributed by atoms with Crippen LogP contribution in [-0.2, 0) is 20.9 Å². The Morgan fingerprint density at radius 1 is 1.07 bits per heavy atom. The summed E-state index contributed by atoms with van der Waals surface area (Å²) >= 11 is 4.68. The fourth-order valence-corrected chi connectivity index (χ4v) is 1.91. The topological polar surface area (TPSA) is 41.5 Å². The van der Waals surface area contributed by atoms with E-state index < -0.39 is 6.72 Å². The van der Waals surface area contributed by atoms with Gasteiger partial charge in [-0.15, -0.1) is 0 Å². The maximum atomic E-state index is 11.3. The summed E-state index contributed by atoms with van der Waals surface area (Å²) in [5.41, 5.74) is 0. The molecule has 0 saturated heterocycles. The molecule has 0 aromatic carbocycles. The van der Waals surface area contributed by atoms with Crippen LogP contribution in [0.1, 0.15) is 39.5 Å². The molecule has 0 N–H and O–H groups in total. The van der Waals surface area contributed by atoms with Gasteiger partial charge in [0.05, 0.1) is 13.2 Å². The van der Waals surface area contributed by atoms with Gasteiger partial charge in [0, 0.05) is 41.7 Å². The Labute approximate surface area is 126 Å². The van der Waals surface area contributed by atoms with Crippen LogP contribution in [0.3, 0.4) is 0 Å². The van der Waals surface area contributed by atoms with Crippen molar-refractivity contribution < 1.29 is 55.7 Å². The van der Waals surface area contributed by atoms with Gasteiger partial charge in [-0.1, -0.05) is 38.5 Å². The largest absolute Gasteiger partial charge is 0.780 e. The van der Waals surface area contributed by atoms with Gasteiger partial charge in [-0.2, -0.15) is 0 Å². The van der Waals surface area contributed by atoms with E-state index in [1.54, 1.807) is 0 Å². The molecule has 0 aliphatic carbocycles. The minimum absolute atomic E-state index is 0. The summed E-state index contributed by atoms with van der Waals surface area (Å²) in [6.07, 6.45) is 3.75. The monoisotopic (exact) mass is 365 g/mol. The second-order valence-corrected chi connectivity index (χ2v) is 5.57. The Hall–Kier alpha value is 1.91. The van der Waals surface area contributed by atoms with Gasteiger partial charge in [0.15, 0.2) is 0 Å². The zero-order valence-corrected chi connectivity index (χ0v) is 13.7. The van der Waals surface area contributed by atoms with Gasteiger partial charge >= 0.3 is 0 Å². The van der Waals surface area contributed by atoms with Gasteiger partial charge in [0.25, 0.3) is 0 Å². The molecule has 84 valence electrons. The zero-order chi connectivity index (χ0) is 10.2. The molecule has 0 bridgehead atoms. The van der Waals surface area contributed by atoms with Gasteiger partial charge in [0.2, 0.25) is 0 Å². The van der Waals surface area contributed by atoms with Crippen molar-refractivity contribution >= 4 is 18.5 Å². The number of unbranched alkanes of at least 4 members (excludes halogenated alkanes) is 2. The van der Waals surface area contributed by atoms with E-state index >= 15 is 0 Å². The fourth-order valence-electron chi connectivity index (χ4n) is 0.679. The molecule has 0 unspecified atom stereocenters. The molecule has 0 amide bonds. The van der Waals surface area contributed by atoms with Gasteiger partial charge < -0.3 is 13.9 Å². The van der Waals surface area contributed by atoms with Crippen LogP contribution < -0.4 is 4.89 Å². The molecule has 0 heterocycles. The molecule has 0 radical (unpaired) electrons. The van der Waals surface area contributed by atoms with Crippen LogP contribution in [-0.4, -0.2) is 13.2 Å². The van der Waals surface area contributed by atoms with E-state index in [-0.39, 0.29) is 41.7 Å². The maximum Gasteiger partial charge on any atom is 0.115 e. The zero-order valence-electron chi connectivity index (χ0n) is 8.82. The Morgan fingerprint density at radius 3 is 1.71 bits per heavy atom. The Bertz CT molecular complexity index is 155. The van der Waals surface area contributed by atoms with Crippen molar-refractivity contribution in [2.75, 3.05) is 13.2 Å². The van der Waals surface area contributed by atoms with Crippen molar-refractivity contribution in [3.63, 3.8) is 0 Å². The summed E-state index contributed by atoms with van der Waals surface area (Å²) in [5.74, 6) is 0. The molecule has 6 heteroatoms. The van der Waals surface area contributed by atoms with Crippen LogP contribution in [0, 0.1) is 41.7 Å². The quantitative estimate of drug-likeness (QED) is 0.489. The van der Waals surface area contributed by atoms with Gasteiger partial charge in [0.1, 0.15) is 6.72 Å². The van der Waals surface area contributed by atoms with Crippen LogP contribution in [0.25, 0.3) is 0 Å². The van der Waals surface area contributed by atoms with E-state index in [0.29, 0.717) is 13.2 Å². The molecule has 0 saturated carbocycles. The predicted molar refractivity (Wildman–Crippen MR) is 56.0 cm³/mol. The Morgan fingerprint density at radius 2 is 1.43 bits per heavy atom. The third-order valence-corrected chi connectivity index (χ3v) is 3.12. The first-order chi connectivity index (χ1) is 6.12. The molecule has 0 aromatic heterocycles. The predicted octanol–water partition coefficient (Wildman–Crippen LogP) is 2.20. The average Bonchev–Trinajstić information content (AvgIpc) is 2.05. The smallest absolute Gasteiger partial charge is 0.115 e. The molecule has 0 aliphatic rings. The van der Waals surface area contributed by atoms with Crippen LogP contribution in [0.15, 0.2) is 0 Å².